The highest BCUT2D eigenvalue weighted by Crippen LogP contribution is 2.12. The molecule has 2 aromatic heterocycles. The molecular formula is C14H22N4. The van der Waals surface area contributed by atoms with Crippen LogP contribution in [0, 0.1) is 0 Å². The van der Waals surface area contributed by atoms with Crippen molar-refractivity contribution in [1.29, 1.82) is 0 Å². The van der Waals surface area contributed by atoms with E-state index in [-0.39, 0.29) is 0 Å². The third-order valence-electron chi connectivity index (χ3n) is 3.25. The molecule has 0 aliphatic heterocycles. The molecule has 0 aliphatic carbocycles. The van der Waals surface area contributed by atoms with E-state index in [1.165, 1.54) is 0 Å². The zero-order chi connectivity index (χ0) is 13.0. The van der Waals surface area contributed by atoms with E-state index >= 15 is 0 Å². The highest BCUT2D eigenvalue weighted by molar-refractivity contribution is 5.50. The summed E-state index contributed by atoms with van der Waals surface area (Å²) >= 11 is 0. The Morgan fingerprint density at radius 2 is 2.11 bits per heavy atom. The summed E-state index contributed by atoms with van der Waals surface area (Å²) in [4.78, 5) is 6.71. The van der Waals surface area contributed by atoms with Crippen molar-refractivity contribution in [3.05, 3.63) is 30.6 Å². The molecule has 0 bridgehead atoms. The number of imidazole rings is 1. The fourth-order valence-corrected chi connectivity index (χ4v) is 2.23. The molecule has 2 aromatic rings. The van der Waals surface area contributed by atoms with Crippen LogP contribution in [0.1, 0.15) is 20.8 Å². The van der Waals surface area contributed by atoms with Gasteiger partial charge in [0.15, 0.2) is 0 Å². The van der Waals surface area contributed by atoms with Gasteiger partial charge in [-0.25, -0.2) is 4.98 Å². The van der Waals surface area contributed by atoms with Gasteiger partial charge in [0, 0.05) is 25.0 Å². The van der Waals surface area contributed by atoms with Gasteiger partial charge in [-0.3, -0.25) is 4.40 Å². The quantitative estimate of drug-likeness (QED) is 0.850. The van der Waals surface area contributed by atoms with Crippen LogP contribution in [0.5, 0.6) is 0 Å². The predicted molar refractivity (Wildman–Crippen MR) is 76.1 cm³/mol. The molecule has 0 amide bonds. The van der Waals surface area contributed by atoms with Crippen LogP contribution in [0.4, 0.5) is 5.82 Å². The summed E-state index contributed by atoms with van der Waals surface area (Å²) in [7, 11) is 0. The Bertz CT molecular complexity index is 487. The average molecular weight is 246 g/mol. The van der Waals surface area contributed by atoms with Gasteiger partial charge in [0.1, 0.15) is 11.5 Å². The molecule has 1 unspecified atom stereocenters. The summed E-state index contributed by atoms with van der Waals surface area (Å²) in [5.74, 6) is 1.10. The molecule has 2 heterocycles. The first-order chi connectivity index (χ1) is 8.74. The number of pyridine rings is 1. The Morgan fingerprint density at radius 1 is 1.33 bits per heavy atom. The van der Waals surface area contributed by atoms with E-state index in [9.17, 15) is 0 Å². The molecule has 4 nitrogen and oxygen atoms in total. The first kappa shape index (κ1) is 12.9. The second-order valence-electron chi connectivity index (χ2n) is 4.60. The van der Waals surface area contributed by atoms with Crippen LogP contribution in [0.25, 0.3) is 5.65 Å². The molecular weight excluding hydrogens is 224 g/mol. The van der Waals surface area contributed by atoms with Crippen LogP contribution in [0.3, 0.4) is 0 Å². The predicted octanol–water partition coefficient (Wildman–Crippen LogP) is 2.48. The fourth-order valence-electron chi connectivity index (χ4n) is 2.23. The van der Waals surface area contributed by atoms with Gasteiger partial charge in [0.05, 0.1) is 0 Å². The molecule has 0 aromatic carbocycles. The van der Waals surface area contributed by atoms with Gasteiger partial charge in [-0.2, -0.15) is 0 Å². The van der Waals surface area contributed by atoms with Crippen LogP contribution in [-0.2, 0) is 0 Å². The summed E-state index contributed by atoms with van der Waals surface area (Å²) in [6.45, 7) is 9.86. The second-order valence-corrected chi connectivity index (χ2v) is 4.60. The van der Waals surface area contributed by atoms with Crippen molar-refractivity contribution in [3.63, 3.8) is 0 Å². The Balaban J connectivity index is 2.06. The van der Waals surface area contributed by atoms with Crippen molar-refractivity contribution in [1.82, 2.24) is 14.3 Å². The molecule has 4 heteroatoms. The molecule has 0 radical (unpaired) electrons. The van der Waals surface area contributed by atoms with Crippen LogP contribution in [0.2, 0.25) is 0 Å². The van der Waals surface area contributed by atoms with Crippen molar-refractivity contribution < 1.29 is 0 Å². The zero-order valence-corrected chi connectivity index (χ0v) is 11.4. The molecule has 0 saturated heterocycles. The maximum Gasteiger partial charge on any atom is 0.138 e. The Kier molecular flexibility index (Phi) is 4.20. The van der Waals surface area contributed by atoms with E-state index in [1.807, 2.05) is 24.5 Å². The number of likely N-dealkylation sites (N-methyl/N-ethyl adjacent to an activating group) is 1. The topological polar surface area (TPSA) is 32.6 Å². The number of rotatable bonds is 6. The van der Waals surface area contributed by atoms with Crippen molar-refractivity contribution in [2.45, 2.75) is 26.8 Å². The van der Waals surface area contributed by atoms with Gasteiger partial charge >= 0.3 is 0 Å². The van der Waals surface area contributed by atoms with Gasteiger partial charge < -0.3 is 10.2 Å². The van der Waals surface area contributed by atoms with Crippen LogP contribution < -0.4 is 5.32 Å². The number of aromatic nitrogens is 2. The number of fused-ring (bicyclic) bond motifs is 1. The van der Waals surface area contributed by atoms with Gasteiger partial charge in [-0.1, -0.05) is 19.9 Å². The first-order valence-corrected chi connectivity index (χ1v) is 6.65. The minimum absolute atomic E-state index is 0.415. The summed E-state index contributed by atoms with van der Waals surface area (Å²) in [5, 5.41) is 3.55. The molecule has 0 spiro atoms. The Labute approximate surface area is 109 Å². The number of hydrogen-bond acceptors (Lipinski definition) is 3. The Morgan fingerprint density at radius 3 is 2.83 bits per heavy atom. The molecule has 18 heavy (non-hydrogen) atoms. The number of anilines is 1. The summed E-state index contributed by atoms with van der Waals surface area (Å²) in [6.07, 6.45) is 3.82. The normalized spacial score (nSPS) is 13.1. The Hall–Kier alpha value is -1.55. The number of nitrogens with zero attached hydrogens (tertiary/aromatic N) is 3. The second kappa shape index (κ2) is 5.87. The molecule has 98 valence electrons. The number of nitrogens with one attached hydrogen (secondary N) is 1. The first-order valence-electron chi connectivity index (χ1n) is 6.65. The highest BCUT2D eigenvalue weighted by atomic mass is 15.2. The summed E-state index contributed by atoms with van der Waals surface area (Å²) in [6, 6.07) is 6.56. The molecule has 1 atom stereocenters. The minimum Gasteiger partial charge on any atom is -0.367 e. The van der Waals surface area contributed by atoms with E-state index in [2.05, 4.69) is 46.4 Å². The van der Waals surface area contributed by atoms with E-state index < -0.39 is 0 Å². The molecule has 0 fully saturated rings. The van der Waals surface area contributed by atoms with Gasteiger partial charge in [-0.05, 0) is 32.1 Å². The third kappa shape index (κ3) is 2.82. The van der Waals surface area contributed by atoms with Gasteiger partial charge in [0.2, 0.25) is 0 Å². The third-order valence-corrected chi connectivity index (χ3v) is 3.25. The lowest BCUT2D eigenvalue weighted by Gasteiger charge is -2.24. The smallest absolute Gasteiger partial charge is 0.138 e. The van der Waals surface area contributed by atoms with E-state index in [0.717, 1.165) is 31.1 Å². The van der Waals surface area contributed by atoms with Crippen LogP contribution in [0.15, 0.2) is 30.6 Å². The molecule has 0 saturated carbocycles. The van der Waals surface area contributed by atoms with Crippen LogP contribution in [-0.4, -0.2) is 40.0 Å². The lowest BCUT2D eigenvalue weighted by molar-refractivity contribution is 0.294. The van der Waals surface area contributed by atoms with E-state index in [4.69, 9.17) is 0 Å². The SMILES string of the molecule is CCN(CC)CC(C)Nc1cccc2nccn12. The maximum absolute atomic E-state index is 4.29. The van der Waals surface area contributed by atoms with E-state index in [1.54, 1.807) is 0 Å². The average Bonchev–Trinajstić information content (AvgIpc) is 2.85. The number of hydrogen-bond donors (Lipinski definition) is 1. The van der Waals surface area contributed by atoms with Crippen molar-refractivity contribution in [2.75, 3.05) is 25.0 Å². The van der Waals surface area contributed by atoms with Crippen molar-refractivity contribution in [2.24, 2.45) is 0 Å². The monoisotopic (exact) mass is 246 g/mol. The van der Waals surface area contributed by atoms with Gasteiger partial charge in [0.25, 0.3) is 0 Å². The standard InChI is InChI=1S/C14H22N4/c1-4-17(5-2)11-12(3)16-14-8-6-7-13-15-9-10-18(13)14/h6-10,12,16H,4-5,11H2,1-3H3. The molecule has 2 rings (SSSR count). The highest BCUT2D eigenvalue weighted by Gasteiger charge is 2.08. The molecule has 0 aliphatic rings. The van der Waals surface area contributed by atoms with Crippen molar-refractivity contribution >= 4 is 11.5 Å². The fraction of sp³-hybridized carbons (Fsp3) is 0.500. The maximum atomic E-state index is 4.29. The van der Waals surface area contributed by atoms with E-state index in [0.29, 0.717) is 6.04 Å². The van der Waals surface area contributed by atoms with Gasteiger partial charge in [-0.15, -0.1) is 0 Å². The zero-order valence-electron chi connectivity index (χ0n) is 11.4. The lowest BCUT2D eigenvalue weighted by atomic mass is 10.3. The largest absolute Gasteiger partial charge is 0.367 e. The summed E-state index contributed by atoms with van der Waals surface area (Å²) < 4.78 is 2.08. The van der Waals surface area contributed by atoms with Crippen molar-refractivity contribution in [3.8, 4) is 0 Å². The minimum atomic E-state index is 0.415. The van der Waals surface area contributed by atoms with Crippen LogP contribution >= 0.6 is 0 Å². The lowest BCUT2D eigenvalue weighted by Crippen LogP contribution is -2.35. The molecule has 1 N–H and O–H groups in total. The summed E-state index contributed by atoms with van der Waals surface area (Å²) in [5.41, 5.74) is 0.982.